The highest BCUT2D eigenvalue weighted by Gasteiger charge is 2.17. The molecule has 0 heterocycles. The number of amides is 1. The second-order valence-electron chi connectivity index (χ2n) is 4.19. The van der Waals surface area contributed by atoms with Gasteiger partial charge in [0.1, 0.15) is 5.75 Å². The second-order valence-corrected chi connectivity index (χ2v) is 4.62. The average Bonchev–Trinajstić information content (AvgIpc) is 2.46. The molecule has 0 fully saturated rings. The third-order valence-corrected chi connectivity index (χ3v) is 3.09. The number of anilines is 1. The van der Waals surface area contributed by atoms with Gasteiger partial charge in [0.15, 0.2) is 0 Å². The Morgan fingerprint density at radius 1 is 1.30 bits per heavy atom. The summed E-state index contributed by atoms with van der Waals surface area (Å²) in [6.45, 7) is 0. The van der Waals surface area contributed by atoms with Gasteiger partial charge < -0.3 is 10.0 Å². The van der Waals surface area contributed by atoms with Crippen molar-refractivity contribution in [2.75, 3.05) is 11.9 Å². The normalized spacial score (nSPS) is 9.85. The summed E-state index contributed by atoms with van der Waals surface area (Å²) in [5.41, 5.74) is 1.19. The lowest BCUT2D eigenvalue weighted by Gasteiger charge is -2.18. The van der Waals surface area contributed by atoms with Gasteiger partial charge in [0, 0.05) is 17.8 Å². The van der Waals surface area contributed by atoms with E-state index in [1.54, 1.807) is 31.3 Å². The molecule has 2 aromatic carbocycles. The smallest absolute Gasteiger partial charge is 0.261 e. The number of carbonyl (C=O) groups is 1. The number of halogens is 1. The van der Waals surface area contributed by atoms with Crippen LogP contribution in [0.4, 0.5) is 5.69 Å². The molecule has 0 saturated heterocycles. The van der Waals surface area contributed by atoms with Crippen LogP contribution in [0.1, 0.15) is 15.9 Å². The van der Waals surface area contributed by atoms with Crippen LogP contribution < -0.4 is 4.90 Å². The van der Waals surface area contributed by atoms with Gasteiger partial charge in [0.05, 0.1) is 17.2 Å². The van der Waals surface area contributed by atoms with Crippen LogP contribution in [-0.2, 0) is 0 Å². The topological polar surface area (TPSA) is 64.3 Å². The highest BCUT2D eigenvalue weighted by molar-refractivity contribution is 6.31. The van der Waals surface area contributed by atoms with Crippen molar-refractivity contribution in [2.45, 2.75) is 0 Å². The van der Waals surface area contributed by atoms with Crippen LogP contribution >= 0.6 is 11.6 Å². The number of phenolic OH excluding ortho intramolecular Hbond substituents is 1. The van der Waals surface area contributed by atoms with E-state index in [9.17, 15) is 9.90 Å². The van der Waals surface area contributed by atoms with Crippen molar-refractivity contribution in [3.63, 3.8) is 0 Å². The molecule has 0 saturated carbocycles. The van der Waals surface area contributed by atoms with Gasteiger partial charge in [-0.2, -0.15) is 5.26 Å². The maximum atomic E-state index is 12.3. The number of carbonyl (C=O) groups excluding carboxylic acids is 1. The zero-order valence-electron chi connectivity index (χ0n) is 10.7. The Kier molecular flexibility index (Phi) is 3.92. The van der Waals surface area contributed by atoms with Crippen LogP contribution in [0, 0.1) is 11.3 Å². The molecule has 0 bridgehead atoms. The molecule has 4 nitrogen and oxygen atoms in total. The maximum absolute atomic E-state index is 12.3. The van der Waals surface area contributed by atoms with E-state index in [-0.39, 0.29) is 17.2 Å². The Labute approximate surface area is 121 Å². The van der Waals surface area contributed by atoms with Crippen LogP contribution in [0.15, 0.2) is 42.5 Å². The number of aromatic hydroxyl groups is 1. The molecule has 0 atom stereocenters. The van der Waals surface area contributed by atoms with Crippen LogP contribution in [0.5, 0.6) is 5.75 Å². The summed E-state index contributed by atoms with van der Waals surface area (Å²) >= 11 is 5.74. The van der Waals surface area contributed by atoms with Crippen molar-refractivity contribution in [1.82, 2.24) is 0 Å². The minimum Gasteiger partial charge on any atom is -0.507 e. The van der Waals surface area contributed by atoms with Crippen LogP contribution in [0.2, 0.25) is 5.02 Å². The molecule has 1 N–H and O–H groups in total. The summed E-state index contributed by atoms with van der Waals surface area (Å²) in [6, 6.07) is 13.0. The molecule has 0 aromatic heterocycles. The lowest BCUT2D eigenvalue weighted by molar-refractivity contribution is 0.0990. The first-order valence-corrected chi connectivity index (χ1v) is 6.17. The van der Waals surface area contributed by atoms with Gasteiger partial charge in [-0.15, -0.1) is 0 Å². The van der Waals surface area contributed by atoms with Gasteiger partial charge in [0.2, 0.25) is 0 Å². The Hall–Kier alpha value is -2.51. The van der Waals surface area contributed by atoms with E-state index in [1.807, 2.05) is 6.07 Å². The van der Waals surface area contributed by atoms with Crippen molar-refractivity contribution >= 4 is 23.2 Å². The van der Waals surface area contributed by atoms with Crippen molar-refractivity contribution in [1.29, 1.82) is 5.26 Å². The van der Waals surface area contributed by atoms with E-state index in [0.717, 1.165) is 0 Å². The van der Waals surface area contributed by atoms with E-state index in [2.05, 4.69) is 0 Å². The van der Waals surface area contributed by atoms with E-state index < -0.39 is 0 Å². The predicted molar refractivity (Wildman–Crippen MR) is 77.0 cm³/mol. The molecular formula is C15H11ClN2O2. The lowest BCUT2D eigenvalue weighted by Crippen LogP contribution is -2.26. The summed E-state index contributed by atoms with van der Waals surface area (Å²) < 4.78 is 0. The molecule has 2 rings (SSSR count). The molecule has 0 radical (unpaired) electrons. The van der Waals surface area contributed by atoms with Crippen LogP contribution in [0.25, 0.3) is 0 Å². The van der Waals surface area contributed by atoms with E-state index in [1.165, 1.54) is 23.1 Å². The third-order valence-electron chi connectivity index (χ3n) is 2.86. The molecule has 100 valence electrons. The fraction of sp³-hybridized carbons (Fsp3) is 0.0667. The van der Waals surface area contributed by atoms with Gasteiger partial charge in [0.25, 0.3) is 5.91 Å². The molecular weight excluding hydrogens is 276 g/mol. The first-order chi connectivity index (χ1) is 9.52. The fourth-order valence-corrected chi connectivity index (χ4v) is 1.93. The lowest BCUT2D eigenvalue weighted by atomic mass is 10.1. The molecule has 0 aliphatic heterocycles. The Balaban J connectivity index is 2.35. The van der Waals surface area contributed by atoms with Crippen molar-refractivity contribution in [3.05, 3.63) is 58.6 Å². The molecule has 0 spiro atoms. The SMILES string of the molecule is CN(C(=O)c1ccc(Cl)cc1O)c1cccc(C#N)c1. The average molecular weight is 287 g/mol. The van der Waals surface area contributed by atoms with E-state index in [0.29, 0.717) is 16.3 Å². The summed E-state index contributed by atoms with van der Waals surface area (Å²) in [7, 11) is 1.58. The molecule has 1 amide bonds. The second kappa shape index (κ2) is 5.64. The molecule has 2 aromatic rings. The molecule has 0 aliphatic carbocycles. The summed E-state index contributed by atoms with van der Waals surface area (Å²) in [4.78, 5) is 13.7. The van der Waals surface area contributed by atoms with Crippen molar-refractivity contribution in [3.8, 4) is 11.8 Å². The van der Waals surface area contributed by atoms with Crippen LogP contribution in [0.3, 0.4) is 0 Å². The zero-order valence-corrected chi connectivity index (χ0v) is 11.4. The van der Waals surface area contributed by atoms with E-state index in [4.69, 9.17) is 16.9 Å². The summed E-state index contributed by atoms with van der Waals surface area (Å²) in [5.74, 6) is -0.556. The first kappa shape index (κ1) is 13.9. The minimum atomic E-state index is -0.380. The van der Waals surface area contributed by atoms with Crippen molar-refractivity contribution in [2.24, 2.45) is 0 Å². The zero-order chi connectivity index (χ0) is 14.7. The monoisotopic (exact) mass is 286 g/mol. The van der Waals surface area contributed by atoms with Crippen molar-refractivity contribution < 1.29 is 9.90 Å². The number of hydrogen-bond acceptors (Lipinski definition) is 3. The largest absolute Gasteiger partial charge is 0.507 e. The standard InChI is InChI=1S/C15H11ClN2O2/c1-18(12-4-2-3-10(7-12)9-17)15(20)13-6-5-11(16)8-14(13)19/h2-8,19H,1H3. The quantitative estimate of drug-likeness (QED) is 0.922. The van der Waals surface area contributed by atoms with Gasteiger partial charge in [-0.05, 0) is 36.4 Å². The Morgan fingerprint density at radius 2 is 2.05 bits per heavy atom. The number of hydrogen-bond donors (Lipinski definition) is 1. The number of nitriles is 1. The predicted octanol–water partition coefficient (Wildman–Crippen LogP) is 3.19. The Morgan fingerprint density at radius 3 is 2.70 bits per heavy atom. The number of phenols is 1. The molecule has 0 aliphatic rings. The number of benzene rings is 2. The molecule has 5 heteroatoms. The van der Waals surface area contributed by atoms with E-state index >= 15 is 0 Å². The third kappa shape index (κ3) is 2.73. The number of nitrogens with zero attached hydrogens (tertiary/aromatic N) is 2. The van der Waals surface area contributed by atoms with Gasteiger partial charge in [-0.25, -0.2) is 0 Å². The van der Waals surface area contributed by atoms with Gasteiger partial charge >= 0.3 is 0 Å². The minimum absolute atomic E-state index is 0.152. The number of rotatable bonds is 2. The molecule has 20 heavy (non-hydrogen) atoms. The van der Waals surface area contributed by atoms with Crippen LogP contribution in [-0.4, -0.2) is 18.1 Å². The highest BCUT2D eigenvalue weighted by atomic mass is 35.5. The van der Waals surface area contributed by atoms with Gasteiger partial charge in [-0.3, -0.25) is 4.79 Å². The fourth-order valence-electron chi connectivity index (χ4n) is 1.77. The summed E-state index contributed by atoms with van der Waals surface area (Å²) in [6.07, 6.45) is 0. The van der Waals surface area contributed by atoms with Gasteiger partial charge in [-0.1, -0.05) is 17.7 Å². The highest BCUT2D eigenvalue weighted by Crippen LogP contribution is 2.25. The Bertz CT molecular complexity index is 707. The maximum Gasteiger partial charge on any atom is 0.261 e. The summed E-state index contributed by atoms with van der Waals surface area (Å²) in [5, 5.41) is 19.0. The molecule has 0 unspecified atom stereocenters. The first-order valence-electron chi connectivity index (χ1n) is 5.79.